The molecule has 2 rings (SSSR count). The molecule has 0 unspecified atom stereocenters. The topological polar surface area (TPSA) is 69.4 Å². The highest BCUT2D eigenvalue weighted by Crippen LogP contribution is 2.29. The number of rotatable bonds is 1. The van der Waals surface area contributed by atoms with Gasteiger partial charge in [-0.25, -0.2) is 13.6 Å². The van der Waals surface area contributed by atoms with Crippen molar-refractivity contribution < 1.29 is 13.2 Å². The van der Waals surface area contributed by atoms with Crippen LogP contribution in [0.1, 0.15) is 5.56 Å². The normalized spacial score (nSPS) is 15.2. The van der Waals surface area contributed by atoms with Crippen LogP contribution in [0.15, 0.2) is 23.1 Å². The lowest BCUT2D eigenvalue weighted by Gasteiger charge is -2.03. The number of benzene rings is 1. The summed E-state index contributed by atoms with van der Waals surface area (Å²) in [6, 6.07) is 4.88. The Morgan fingerprint density at radius 2 is 2.15 bits per heavy atom. The Morgan fingerprint density at radius 1 is 1.38 bits per heavy atom. The fraction of sp³-hybridized carbons (Fsp3) is 0.250. The predicted octanol–water partition coefficient (Wildman–Crippen LogP) is 0.269. The van der Waals surface area contributed by atoms with Crippen LogP contribution in [0.5, 0.6) is 5.75 Å². The van der Waals surface area contributed by atoms with Gasteiger partial charge in [-0.15, -0.1) is 0 Å². The summed E-state index contributed by atoms with van der Waals surface area (Å²) in [7, 11) is -3.61. The molecule has 0 aliphatic carbocycles. The molecule has 1 aliphatic heterocycles. The zero-order valence-electron chi connectivity index (χ0n) is 6.86. The van der Waals surface area contributed by atoms with Gasteiger partial charge >= 0.3 is 0 Å². The van der Waals surface area contributed by atoms with Gasteiger partial charge < -0.3 is 4.74 Å². The molecular weight excluding hydrogens is 190 g/mol. The lowest BCUT2D eigenvalue weighted by Crippen LogP contribution is -2.13. The number of sulfonamides is 1. The van der Waals surface area contributed by atoms with Gasteiger partial charge in [-0.2, -0.15) is 0 Å². The minimum atomic E-state index is -3.61. The van der Waals surface area contributed by atoms with Crippen LogP contribution >= 0.6 is 0 Å². The van der Waals surface area contributed by atoms with Crippen molar-refractivity contribution >= 4 is 10.0 Å². The maximum atomic E-state index is 11.1. The van der Waals surface area contributed by atoms with Crippen molar-refractivity contribution in [2.45, 2.75) is 11.3 Å². The van der Waals surface area contributed by atoms with Gasteiger partial charge in [0.2, 0.25) is 10.0 Å². The quantitative estimate of drug-likeness (QED) is 0.705. The van der Waals surface area contributed by atoms with Crippen LogP contribution in [-0.4, -0.2) is 15.0 Å². The van der Waals surface area contributed by atoms with E-state index in [0.29, 0.717) is 24.3 Å². The van der Waals surface area contributed by atoms with Crippen LogP contribution in [0.4, 0.5) is 0 Å². The summed E-state index contributed by atoms with van der Waals surface area (Å²) in [4.78, 5) is 0.183. The molecule has 0 amide bonds. The monoisotopic (exact) mass is 199 g/mol. The van der Waals surface area contributed by atoms with Crippen LogP contribution in [0.3, 0.4) is 0 Å². The molecule has 0 aromatic heterocycles. The van der Waals surface area contributed by atoms with E-state index in [1.165, 1.54) is 6.07 Å². The van der Waals surface area contributed by atoms with Gasteiger partial charge in [0.05, 0.1) is 11.5 Å². The molecule has 1 aliphatic rings. The van der Waals surface area contributed by atoms with E-state index in [4.69, 9.17) is 9.88 Å². The van der Waals surface area contributed by atoms with Gasteiger partial charge in [0.25, 0.3) is 0 Å². The zero-order valence-corrected chi connectivity index (χ0v) is 7.67. The lowest BCUT2D eigenvalue weighted by molar-refractivity contribution is 0.357. The van der Waals surface area contributed by atoms with Crippen molar-refractivity contribution in [2.24, 2.45) is 5.14 Å². The summed E-state index contributed by atoms with van der Waals surface area (Å²) in [5.74, 6) is 0.631. The fourth-order valence-corrected chi connectivity index (χ4v) is 2.27. The van der Waals surface area contributed by atoms with Gasteiger partial charge in [-0.3, -0.25) is 0 Å². The molecule has 1 aromatic carbocycles. The van der Waals surface area contributed by atoms with Gasteiger partial charge in [-0.05, 0) is 12.1 Å². The molecule has 0 saturated heterocycles. The molecule has 1 heterocycles. The first-order valence-electron chi connectivity index (χ1n) is 3.86. The zero-order chi connectivity index (χ0) is 9.47. The van der Waals surface area contributed by atoms with E-state index in [1.807, 2.05) is 0 Å². The molecular formula is C8H9NO3S. The Morgan fingerprint density at radius 3 is 2.85 bits per heavy atom. The summed E-state index contributed by atoms with van der Waals surface area (Å²) in [6.45, 7) is 0.530. The van der Waals surface area contributed by atoms with Gasteiger partial charge in [0.1, 0.15) is 5.75 Å². The molecule has 4 nitrogen and oxygen atoms in total. The predicted molar refractivity (Wildman–Crippen MR) is 47.0 cm³/mol. The van der Waals surface area contributed by atoms with Crippen LogP contribution in [0.2, 0.25) is 0 Å². The van der Waals surface area contributed by atoms with E-state index in [-0.39, 0.29) is 4.90 Å². The molecule has 2 N–H and O–H groups in total. The van der Waals surface area contributed by atoms with Crippen LogP contribution < -0.4 is 9.88 Å². The highest BCUT2D eigenvalue weighted by Gasteiger charge is 2.21. The Kier molecular flexibility index (Phi) is 1.78. The molecule has 0 bridgehead atoms. The van der Waals surface area contributed by atoms with E-state index in [1.54, 1.807) is 12.1 Å². The van der Waals surface area contributed by atoms with E-state index in [2.05, 4.69) is 0 Å². The Balaban J connectivity index is 2.67. The molecule has 0 saturated carbocycles. The van der Waals surface area contributed by atoms with Gasteiger partial charge in [0.15, 0.2) is 0 Å². The van der Waals surface area contributed by atoms with Crippen LogP contribution in [0.25, 0.3) is 0 Å². The third kappa shape index (κ3) is 1.40. The van der Waals surface area contributed by atoms with E-state index in [9.17, 15) is 8.42 Å². The lowest BCUT2D eigenvalue weighted by atomic mass is 10.2. The molecule has 5 heteroatoms. The first kappa shape index (κ1) is 8.52. The number of hydrogen-bond acceptors (Lipinski definition) is 3. The summed E-state index contributed by atoms with van der Waals surface area (Å²) >= 11 is 0. The molecule has 0 atom stereocenters. The van der Waals surface area contributed by atoms with Gasteiger partial charge in [-0.1, -0.05) is 6.07 Å². The van der Waals surface area contributed by atoms with Crippen LogP contribution in [0, 0.1) is 0 Å². The molecule has 1 aromatic rings. The summed E-state index contributed by atoms with van der Waals surface area (Å²) in [6.07, 6.45) is 0.613. The molecule has 13 heavy (non-hydrogen) atoms. The SMILES string of the molecule is NS(=O)(=O)c1cccc2c1CCO2. The highest BCUT2D eigenvalue weighted by atomic mass is 32.2. The number of ether oxygens (including phenoxy) is 1. The second-order valence-electron chi connectivity index (χ2n) is 2.88. The van der Waals surface area contributed by atoms with Gasteiger partial charge in [0, 0.05) is 12.0 Å². The third-order valence-electron chi connectivity index (χ3n) is 2.01. The van der Waals surface area contributed by atoms with Crippen molar-refractivity contribution in [3.8, 4) is 5.75 Å². The van der Waals surface area contributed by atoms with Crippen molar-refractivity contribution in [1.82, 2.24) is 0 Å². The maximum Gasteiger partial charge on any atom is 0.238 e. The van der Waals surface area contributed by atoms with Crippen molar-refractivity contribution in [2.75, 3.05) is 6.61 Å². The molecule has 0 radical (unpaired) electrons. The summed E-state index contributed by atoms with van der Waals surface area (Å²) in [5.41, 5.74) is 0.699. The molecule has 0 fully saturated rings. The first-order chi connectivity index (χ1) is 6.09. The van der Waals surface area contributed by atoms with Crippen LogP contribution in [-0.2, 0) is 16.4 Å². The highest BCUT2D eigenvalue weighted by molar-refractivity contribution is 7.89. The number of hydrogen-bond donors (Lipinski definition) is 1. The molecule has 0 spiro atoms. The Labute approximate surface area is 76.4 Å². The molecule has 70 valence electrons. The second kappa shape index (κ2) is 2.71. The minimum absolute atomic E-state index is 0.183. The third-order valence-corrected chi connectivity index (χ3v) is 3.00. The number of nitrogens with two attached hydrogens (primary N) is 1. The fourth-order valence-electron chi connectivity index (χ4n) is 1.46. The summed E-state index contributed by atoms with van der Waals surface area (Å²) in [5, 5.41) is 5.05. The second-order valence-corrected chi connectivity index (χ2v) is 4.41. The standard InChI is InChI=1S/C8H9NO3S/c9-13(10,11)8-3-1-2-7-6(8)4-5-12-7/h1-3H,4-5H2,(H2,9,10,11). The summed E-state index contributed by atoms with van der Waals surface area (Å²) < 4.78 is 27.4. The average Bonchev–Trinajstić information content (AvgIpc) is 2.48. The van der Waals surface area contributed by atoms with Crippen molar-refractivity contribution in [3.05, 3.63) is 23.8 Å². The number of fused-ring (bicyclic) bond motifs is 1. The largest absolute Gasteiger partial charge is 0.493 e. The average molecular weight is 199 g/mol. The Bertz CT molecular complexity index is 439. The smallest absolute Gasteiger partial charge is 0.238 e. The van der Waals surface area contributed by atoms with E-state index in [0.717, 1.165) is 0 Å². The number of primary sulfonamides is 1. The minimum Gasteiger partial charge on any atom is -0.493 e. The Hall–Kier alpha value is -1.07. The first-order valence-corrected chi connectivity index (χ1v) is 5.41. The van der Waals surface area contributed by atoms with Crippen molar-refractivity contribution in [1.29, 1.82) is 0 Å². The van der Waals surface area contributed by atoms with E-state index >= 15 is 0 Å². The maximum absolute atomic E-state index is 11.1. The van der Waals surface area contributed by atoms with Crippen molar-refractivity contribution in [3.63, 3.8) is 0 Å². The van der Waals surface area contributed by atoms with E-state index < -0.39 is 10.0 Å².